The van der Waals surface area contributed by atoms with Crippen molar-refractivity contribution in [2.24, 2.45) is 0 Å². The molecule has 0 radical (unpaired) electrons. The van der Waals surface area contributed by atoms with Gasteiger partial charge in [-0.2, -0.15) is 0 Å². The van der Waals surface area contributed by atoms with Gasteiger partial charge in [-0.1, -0.05) is 11.3 Å². The van der Waals surface area contributed by atoms with Crippen molar-refractivity contribution in [3.63, 3.8) is 0 Å². The second kappa shape index (κ2) is 7.13. The summed E-state index contributed by atoms with van der Waals surface area (Å²) in [6, 6.07) is 5.82. The highest BCUT2D eigenvalue weighted by atomic mass is 32.1. The van der Waals surface area contributed by atoms with Gasteiger partial charge in [0.15, 0.2) is 10.9 Å². The summed E-state index contributed by atoms with van der Waals surface area (Å²) < 4.78 is 21.9. The molecule has 1 N–H and O–H groups in total. The van der Waals surface area contributed by atoms with Gasteiger partial charge in [-0.05, 0) is 48.2 Å². The molecule has 162 valence electrons. The zero-order chi connectivity index (χ0) is 22.0. The highest BCUT2D eigenvalue weighted by Crippen LogP contribution is 2.46. The van der Waals surface area contributed by atoms with Crippen LogP contribution < -0.4 is 9.64 Å². The summed E-state index contributed by atoms with van der Waals surface area (Å²) >= 11 is 1.43. The first-order valence-corrected chi connectivity index (χ1v) is 11.5. The van der Waals surface area contributed by atoms with Crippen molar-refractivity contribution in [2.75, 3.05) is 24.6 Å². The molecule has 6 rings (SSSR count). The third-order valence-electron chi connectivity index (χ3n) is 6.43. The fourth-order valence-electron chi connectivity index (χ4n) is 4.66. The molecule has 32 heavy (non-hydrogen) atoms. The number of carbonyl (C=O) groups is 1. The van der Waals surface area contributed by atoms with Crippen molar-refractivity contribution in [2.45, 2.75) is 26.2 Å². The molecule has 0 amide bonds. The van der Waals surface area contributed by atoms with Crippen LogP contribution in [0, 0.1) is 12.7 Å². The molecule has 6 nitrogen and oxygen atoms in total. The van der Waals surface area contributed by atoms with Gasteiger partial charge in [-0.3, -0.25) is 9.78 Å². The molecule has 4 aromatic rings. The lowest BCUT2D eigenvalue weighted by Gasteiger charge is -2.30. The van der Waals surface area contributed by atoms with Gasteiger partial charge < -0.3 is 14.7 Å². The molecule has 0 atom stereocenters. The number of ether oxygens (including phenoxy) is 1. The fraction of sp³-hybridized carbons (Fsp3) is 0.292. The van der Waals surface area contributed by atoms with Crippen LogP contribution in [-0.4, -0.2) is 40.7 Å². The topological polar surface area (TPSA) is 75.6 Å². The smallest absolute Gasteiger partial charge is 0.307 e. The lowest BCUT2D eigenvalue weighted by Crippen LogP contribution is -2.36. The van der Waals surface area contributed by atoms with Crippen LogP contribution in [0.15, 0.2) is 24.4 Å². The molecule has 0 spiro atoms. The minimum absolute atomic E-state index is 0.273. The number of anilines is 1. The van der Waals surface area contributed by atoms with Gasteiger partial charge in [0.2, 0.25) is 0 Å². The Kier molecular flexibility index (Phi) is 4.33. The molecule has 1 saturated heterocycles. The van der Waals surface area contributed by atoms with Crippen molar-refractivity contribution < 1.29 is 19.0 Å². The number of thiazole rings is 1. The number of hydrogen-bond acceptors (Lipinski definition) is 6. The number of carboxylic acid groups (broad SMARTS) is 1. The maximum atomic E-state index is 15.4. The number of hydrogen-bond donors (Lipinski definition) is 1. The number of carboxylic acids is 1. The van der Waals surface area contributed by atoms with Crippen molar-refractivity contribution >= 4 is 43.6 Å². The van der Waals surface area contributed by atoms with E-state index in [-0.39, 0.29) is 6.42 Å². The Balaban J connectivity index is 1.72. The molecule has 2 aromatic carbocycles. The molecule has 2 aliphatic heterocycles. The SMILES string of the molecule is Cc1c(CC(=O)O)c(-c2ccc3c4c(ccnc24)CCO3)c2sc(N3CCC3)nc2c1F. The number of pyridine rings is 1. The van der Waals surface area contributed by atoms with Gasteiger partial charge in [0.25, 0.3) is 0 Å². The summed E-state index contributed by atoms with van der Waals surface area (Å²) in [5.41, 5.74) is 4.51. The van der Waals surface area contributed by atoms with E-state index in [1.165, 1.54) is 11.3 Å². The zero-order valence-electron chi connectivity index (χ0n) is 17.4. The van der Waals surface area contributed by atoms with E-state index in [0.717, 1.165) is 58.8 Å². The minimum atomic E-state index is -1.00. The molecule has 0 saturated carbocycles. The van der Waals surface area contributed by atoms with Gasteiger partial charge in [0, 0.05) is 42.2 Å². The first-order chi connectivity index (χ1) is 15.5. The second-order valence-electron chi connectivity index (χ2n) is 8.28. The molecule has 2 aromatic heterocycles. The van der Waals surface area contributed by atoms with Crippen LogP contribution in [0.5, 0.6) is 5.75 Å². The standard InChI is InChI=1S/C24H20FN3O3S/c1-12-15(11-17(29)30)19(23-22(20(12)25)27-24(32-23)28-8-2-9-28)14-3-4-16-18-13(6-10-31-16)5-7-26-21(14)18/h3-5,7H,2,6,8-11H2,1H3,(H,29,30). The Labute approximate surface area is 187 Å². The lowest BCUT2D eigenvalue weighted by molar-refractivity contribution is -0.136. The van der Waals surface area contributed by atoms with Crippen molar-refractivity contribution in [3.05, 3.63) is 46.9 Å². The van der Waals surface area contributed by atoms with Crippen LogP contribution in [-0.2, 0) is 17.6 Å². The molecule has 2 aliphatic rings. The maximum absolute atomic E-state index is 15.4. The van der Waals surface area contributed by atoms with Crippen molar-refractivity contribution in [1.82, 2.24) is 9.97 Å². The van der Waals surface area contributed by atoms with Crippen LogP contribution >= 0.6 is 11.3 Å². The summed E-state index contributed by atoms with van der Waals surface area (Å²) in [5.74, 6) is -0.666. The normalized spacial score (nSPS) is 15.1. The Morgan fingerprint density at radius 3 is 2.88 bits per heavy atom. The van der Waals surface area contributed by atoms with Crippen LogP contribution in [0.3, 0.4) is 0 Å². The number of aliphatic carboxylic acids is 1. The summed E-state index contributed by atoms with van der Waals surface area (Å²) in [6.45, 7) is 4.06. The van der Waals surface area contributed by atoms with Crippen molar-refractivity contribution in [3.8, 4) is 16.9 Å². The molecule has 0 unspecified atom stereocenters. The average Bonchev–Trinajstić information content (AvgIpc) is 3.16. The van der Waals surface area contributed by atoms with E-state index >= 15 is 4.39 Å². The van der Waals surface area contributed by atoms with Gasteiger partial charge >= 0.3 is 5.97 Å². The summed E-state index contributed by atoms with van der Waals surface area (Å²) in [7, 11) is 0. The molecule has 4 heterocycles. The van der Waals surface area contributed by atoms with Gasteiger partial charge in [0.05, 0.1) is 23.2 Å². The summed E-state index contributed by atoms with van der Waals surface area (Å²) in [4.78, 5) is 23.2. The van der Waals surface area contributed by atoms with E-state index in [4.69, 9.17) is 4.74 Å². The monoisotopic (exact) mass is 449 g/mol. The Morgan fingerprint density at radius 1 is 1.28 bits per heavy atom. The lowest BCUT2D eigenvalue weighted by atomic mass is 9.90. The van der Waals surface area contributed by atoms with Gasteiger partial charge in [0.1, 0.15) is 11.3 Å². The first-order valence-electron chi connectivity index (χ1n) is 10.6. The molecule has 1 fully saturated rings. The largest absolute Gasteiger partial charge is 0.493 e. The number of nitrogens with zero attached hydrogens (tertiary/aromatic N) is 3. The van der Waals surface area contributed by atoms with Crippen LogP contribution in [0.2, 0.25) is 0 Å². The average molecular weight is 450 g/mol. The number of rotatable bonds is 4. The Hall–Kier alpha value is -3.26. The van der Waals surface area contributed by atoms with Crippen molar-refractivity contribution in [1.29, 1.82) is 0 Å². The second-order valence-corrected chi connectivity index (χ2v) is 9.26. The number of halogens is 1. The Morgan fingerprint density at radius 2 is 2.12 bits per heavy atom. The number of fused-ring (bicyclic) bond motifs is 1. The van der Waals surface area contributed by atoms with Crippen LogP contribution in [0.1, 0.15) is 23.1 Å². The van der Waals surface area contributed by atoms with Crippen LogP contribution in [0.25, 0.3) is 32.2 Å². The molecular formula is C24H20FN3O3S. The molecule has 0 bridgehead atoms. The van der Waals surface area contributed by atoms with E-state index in [9.17, 15) is 9.90 Å². The van der Waals surface area contributed by atoms with Crippen LogP contribution in [0.4, 0.5) is 9.52 Å². The van der Waals surface area contributed by atoms with Gasteiger partial charge in [-0.25, -0.2) is 9.37 Å². The third-order valence-corrected chi connectivity index (χ3v) is 7.56. The zero-order valence-corrected chi connectivity index (χ0v) is 18.3. The molecule has 8 heteroatoms. The molecule has 0 aliphatic carbocycles. The number of aromatic nitrogens is 2. The summed E-state index contributed by atoms with van der Waals surface area (Å²) in [5, 5.41) is 11.4. The van der Waals surface area contributed by atoms with E-state index in [1.54, 1.807) is 13.1 Å². The predicted octanol–water partition coefficient (Wildman–Crippen LogP) is 4.73. The highest BCUT2D eigenvalue weighted by molar-refractivity contribution is 7.22. The van der Waals surface area contributed by atoms with E-state index in [1.807, 2.05) is 18.2 Å². The Bertz CT molecular complexity index is 1420. The first kappa shape index (κ1) is 19.4. The van der Waals surface area contributed by atoms with E-state index in [2.05, 4.69) is 14.9 Å². The van der Waals surface area contributed by atoms with E-state index < -0.39 is 11.8 Å². The highest BCUT2D eigenvalue weighted by Gasteiger charge is 2.28. The van der Waals surface area contributed by atoms with E-state index in [0.29, 0.717) is 33.5 Å². The quantitative estimate of drug-likeness (QED) is 0.485. The molecular weight excluding hydrogens is 429 g/mol. The predicted molar refractivity (Wildman–Crippen MR) is 122 cm³/mol. The maximum Gasteiger partial charge on any atom is 0.307 e. The fourth-order valence-corrected chi connectivity index (χ4v) is 5.86. The summed E-state index contributed by atoms with van der Waals surface area (Å²) in [6.07, 6.45) is 3.38. The minimum Gasteiger partial charge on any atom is -0.493 e. The number of benzene rings is 2. The van der Waals surface area contributed by atoms with Gasteiger partial charge in [-0.15, -0.1) is 0 Å². The third kappa shape index (κ3) is 2.79.